The van der Waals surface area contributed by atoms with Gasteiger partial charge in [-0.2, -0.15) is 0 Å². The average Bonchev–Trinajstić information content (AvgIpc) is 3.13. The molecule has 0 radical (unpaired) electrons. The fourth-order valence-electron chi connectivity index (χ4n) is 2.78. The van der Waals surface area contributed by atoms with Gasteiger partial charge in [0, 0.05) is 22.0 Å². The van der Waals surface area contributed by atoms with Gasteiger partial charge in [-0.1, -0.05) is 48.0 Å². The molecule has 1 N–H and O–H groups in total. The van der Waals surface area contributed by atoms with Gasteiger partial charge in [-0.3, -0.25) is 4.79 Å². The van der Waals surface area contributed by atoms with E-state index in [1.807, 2.05) is 72.8 Å². The highest BCUT2D eigenvalue weighted by molar-refractivity contribution is 7.99. The van der Waals surface area contributed by atoms with Gasteiger partial charge in [0.2, 0.25) is 11.8 Å². The quantitative estimate of drug-likeness (QED) is 0.423. The van der Waals surface area contributed by atoms with E-state index in [0.717, 1.165) is 16.1 Å². The van der Waals surface area contributed by atoms with Crippen LogP contribution in [0.2, 0.25) is 5.02 Å². The first-order chi connectivity index (χ1) is 13.7. The van der Waals surface area contributed by atoms with E-state index < -0.39 is 0 Å². The molecule has 1 aromatic heterocycles. The summed E-state index contributed by atoms with van der Waals surface area (Å²) in [5.74, 6) is 1.53. The predicted molar refractivity (Wildman–Crippen MR) is 116 cm³/mol. The third-order valence-corrected chi connectivity index (χ3v) is 5.49. The van der Waals surface area contributed by atoms with Crippen molar-refractivity contribution in [1.29, 1.82) is 0 Å². The summed E-state index contributed by atoms with van der Waals surface area (Å²) >= 11 is 7.66. The minimum absolute atomic E-state index is 0.0665. The van der Waals surface area contributed by atoms with Gasteiger partial charge in [-0.05, 0) is 42.0 Å². The molecule has 0 aliphatic carbocycles. The third-order valence-electron chi connectivity index (χ3n) is 4.14. The lowest BCUT2D eigenvalue weighted by Gasteiger charge is -2.06. The van der Waals surface area contributed by atoms with E-state index in [2.05, 4.69) is 10.3 Å². The van der Waals surface area contributed by atoms with Gasteiger partial charge in [0.1, 0.15) is 5.52 Å². The molecule has 28 heavy (non-hydrogen) atoms. The number of hydrogen-bond acceptors (Lipinski definition) is 4. The number of oxazole rings is 1. The summed E-state index contributed by atoms with van der Waals surface area (Å²) < 4.78 is 5.80. The number of nitrogens with zero attached hydrogens (tertiary/aromatic N) is 1. The second-order valence-corrected chi connectivity index (χ2v) is 7.59. The molecule has 4 rings (SSSR count). The zero-order valence-electron chi connectivity index (χ0n) is 14.9. The van der Waals surface area contributed by atoms with Crippen molar-refractivity contribution in [3.63, 3.8) is 0 Å². The summed E-state index contributed by atoms with van der Waals surface area (Å²) in [6, 6.07) is 22.8. The van der Waals surface area contributed by atoms with E-state index in [9.17, 15) is 4.79 Å². The number of carbonyl (C=O) groups is 1. The summed E-state index contributed by atoms with van der Waals surface area (Å²) in [6.07, 6.45) is 0. The van der Waals surface area contributed by atoms with Crippen LogP contribution in [0.3, 0.4) is 0 Å². The highest BCUT2D eigenvalue weighted by Gasteiger charge is 2.10. The molecule has 0 bridgehead atoms. The molecule has 4 nitrogen and oxygen atoms in total. The highest BCUT2D eigenvalue weighted by Crippen LogP contribution is 2.26. The Morgan fingerprint density at radius 1 is 1.04 bits per heavy atom. The van der Waals surface area contributed by atoms with Crippen molar-refractivity contribution >= 4 is 46.1 Å². The molecule has 0 atom stereocenters. The monoisotopic (exact) mass is 408 g/mol. The summed E-state index contributed by atoms with van der Waals surface area (Å²) in [6.45, 7) is 0. The molecule has 0 spiro atoms. The van der Waals surface area contributed by atoms with Gasteiger partial charge < -0.3 is 9.73 Å². The Balaban J connectivity index is 1.39. The SMILES string of the molecule is O=C(CSCc1ccccc1Cl)Nc1ccc2oc(-c3ccccc3)nc2c1. The van der Waals surface area contributed by atoms with Crippen LogP contribution in [-0.4, -0.2) is 16.6 Å². The molecule has 0 aliphatic rings. The number of amides is 1. The van der Waals surface area contributed by atoms with Crippen molar-refractivity contribution in [3.8, 4) is 11.5 Å². The number of thioether (sulfide) groups is 1. The predicted octanol–water partition coefficient (Wildman–Crippen LogP) is 6.02. The van der Waals surface area contributed by atoms with Crippen LogP contribution in [0.25, 0.3) is 22.6 Å². The van der Waals surface area contributed by atoms with E-state index in [-0.39, 0.29) is 5.91 Å². The smallest absolute Gasteiger partial charge is 0.234 e. The number of hydrogen-bond donors (Lipinski definition) is 1. The molecular weight excluding hydrogens is 392 g/mol. The van der Waals surface area contributed by atoms with Gasteiger partial charge in [0.05, 0.1) is 5.75 Å². The highest BCUT2D eigenvalue weighted by atomic mass is 35.5. The van der Waals surface area contributed by atoms with Crippen LogP contribution in [0.5, 0.6) is 0 Å². The summed E-state index contributed by atoms with van der Waals surface area (Å²) in [7, 11) is 0. The van der Waals surface area contributed by atoms with E-state index in [4.69, 9.17) is 16.0 Å². The van der Waals surface area contributed by atoms with Gasteiger partial charge >= 0.3 is 0 Å². The van der Waals surface area contributed by atoms with Gasteiger partial charge in [-0.25, -0.2) is 4.98 Å². The van der Waals surface area contributed by atoms with Crippen LogP contribution < -0.4 is 5.32 Å². The largest absolute Gasteiger partial charge is 0.436 e. The minimum Gasteiger partial charge on any atom is -0.436 e. The maximum atomic E-state index is 12.2. The molecule has 0 fully saturated rings. The van der Waals surface area contributed by atoms with Crippen LogP contribution in [0.1, 0.15) is 5.56 Å². The Morgan fingerprint density at radius 3 is 2.64 bits per heavy atom. The normalized spacial score (nSPS) is 10.9. The number of carbonyl (C=O) groups excluding carboxylic acids is 1. The summed E-state index contributed by atoms with van der Waals surface area (Å²) in [5.41, 5.74) is 4.04. The summed E-state index contributed by atoms with van der Waals surface area (Å²) in [4.78, 5) is 16.8. The van der Waals surface area contributed by atoms with Crippen LogP contribution >= 0.6 is 23.4 Å². The van der Waals surface area contributed by atoms with Crippen molar-refractivity contribution in [2.75, 3.05) is 11.1 Å². The van der Waals surface area contributed by atoms with Crippen LogP contribution in [0.4, 0.5) is 5.69 Å². The van der Waals surface area contributed by atoms with E-state index >= 15 is 0 Å². The average molecular weight is 409 g/mol. The number of anilines is 1. The molecule has 0 aliphatic heterocycles. The lowest BCUT2D eigenvalue weighted by Crippen LogP contribution is -2.14. The number of fused-ring (bicyclic) bond motifs is 1. The third kappa shape index (κ3) is 4.38. The lowest BCUT2D eigenvalue weighted by atomic mass is 10.2. The zero-order chi connectivity index (χ0) is 19.3. The molecule has 1 heterocycles. The first-order valence-corrected chi connectivity index (χ1v) is 10.3. The van der Waals surface area contributed by atoms with E-state index in [1.165, 1.54) is 11.8 Å². The van der Waals surface area contributed by atoms with Crippen molar-refractivity contribution in [2.45, 2.75) is 5.75 Å². The first kappa shape index (κ1) is 18.6. The molecular formula is C22H17ClN2O2S. The fourth-order valence-corrected chi connectivity index (χ4v) is 3.89. The van der Waals surface area contributed by atoms with Crippen molar-refractivity contribution in [3.05, 3.63) is 83.4 Å². The Hall–Kier alpha value is -2.76. The van der Waals surface area contributed by atoms with Gasteiger partial charge in [0.15, 0.2) is 5.58 Å². The van der Waals surface area contributed by atoms with Crippen molar-refractivity contribution in [2.24, 2.45) is 0 Å². The molecule has 6 heteroatoms. The standard InChI is InChI=1S/C22H17ClN2O2S/c23-18-9-5-4-8-16(18)13-28-14-21(26)24-17-10-11-20-19(12-17)25-22(27-20)15-6-2-1-3-7-15/h1-12H,13-14H2,(H,24,26). The Kier molecular flexibility index (Phi) is 5.65. The number of benzene rings is 3. The molecule has 140 valence electrons. The van der Waals surface area contributed by atoms with Crippen LogP contribution in [-0.2, 0) is 10.5 Å². The lowest BCUT2D eigenvalue weighted by molar-refractivity contribution is -0.113. The van der Waals surface area contributed by atoms with Crippen molar-refractivity contribution < 1.29 is 9.21 Å². The zero-order valence-corrected chi connectivity index (χ0v) is 16.5. The number of rotatable bonds is 6. The number of aromatic nitrogens is 1. The molecule has 0 unspecified atom stereocenters. The summed E-state index contributed by atoms with van der Waals surface area (Å²) in [5, 5.41) is 3.63. The van der Waals surface area contributed by atoms with E-state index in [0.29, 0.717) is 34.2 Å². The second kappa shape index (κ2) is 8.50. The Labute approximate surface area is 171 Å². The Morgan fingerprint density at radius 2 is 1.82 bits per heavy atom. The molecule has 0 saturated carbocycles. The van der Waals surface area contributed by atoms with Crippen LogP contribution in [0, 0.1) is 0 Å². The van der Waals surface area contributed by atoms with Crippen molar-refractivity contribution in [1.82, 2.24) is 4.98 Å². The number of halogens is 1. The Bertz CT molecular complexity index is 1110. The maximum Gasteiger partial charge on any atom is 0.234 e. The van der Waals surface area contributed by atoms with Gasteiger partial charge in [0.25, 0.3) is 0 Å². The minimum atomic E-state index is -0.0665. The van der Waals surface area contributed by atoms with Gasteiger partial charge in [-0.15, -0.1) is 11.8 Å². The van der Waals surface area contributed by atoms with E-state index in [1.54, 1.807) is 0 Å². The fraction of sp³-hybridized carbons (Fsp3) is 0.0909. The number of nitrogens with one attached hydrogen (secondary N) is 1. The second-order valence-electron chi connectivity index (χ2n) is 6.20. The molecule has 3 aromatic carbocycles. The topological polar surface area (TPSA) is 55.1 Å². The first-order valence-electron chi connectivity index (χ1n) is 8.76. The maximum absolute atomic E-state index is 12.2. The molecule has 0 saturated heterocycles. The molecule has 1 amide bonds. The van der Waals surface area contributed by atoms with Crippen LogP contribution in [0.15, 0.2) is 77.2 Å². The molecule has 4 aromatic rings.